The van der Waals surface area contributed by atoms with E-state index in [2.05, 4.69) is 16.7 Å². The molecule has 0 spiro atoms. The number of hydrogen-bond acceptors (Lipinski definition) is 4. The molecule has 0 radical (unpaired) electrons. The minimum absolute atomic E-state index is 0.0933. The highest BCUT2D eigenvalue weighted by Crippen LogP contribution is 2.37. The molecule has 33 heavy (non-hydrogen) atoms. The summed E-state index contributed by atoms with van der Waals surface area (Å²) in [7, 11) is 0. The molecule has 0 aliphatic rings. The van der Waals surface area contributed by atoms with Gasteiger partial charge in [-0.25, -0.2) is 0 Å². The van der Waals surface area contributed by atoms with Crippen LogP contribution in [0.1, 0.15) is 31.6 Å². The zero-order chi connectivity index (χ0) is 23.2. The first-order valence-corrected chi connectivity index (χ1v) is 12.3. The fourth-order valence-corrected chi connectivity index (χ4v) is 5.24. The van der Waals surface area contributed by atoms with Gasteiger partial charge in [0.05, 0.1) is 4.88 Å². The van der Waals surface area contributed by atoms with Gasteiger partial charge in [-0.2, -0.15) is 0 Å². The third kappa shape index (κ3) is 6.12. The molecular weight excluding hydrogens is 448 g/mol. The largest absolute Gasteiger partial charge is 0.325 e. The van der Waals surface area contributed by atoms with Crippen LogP contribution in [0.5, 0.6) is 0 Å². The van der Waals surface area contributed by atoms with E-state index in [4.69, 9.17) is 0 Å². The minimum Gasteiger partial charge on any atom is -0.325 e. The van der Waals surface area contributed by atoms with Crippen LogP contribution < -0.4 is 10.6 Å². The number of benzene rings is 3. The lowest BCUT2D eigenvalue weighted by atomic mass is 10.1. The van der Waals surface area contributed by atoms with E-state index in [1.807, 2.05) is 92.0 Å². The van der Waals surface area contributed by atoms with Gasteiger partial charge in [-0.3, -0.25) is 9.59 Å². The van der Waals surface area contributed by atoms with Crippen LogP contribution in [-0.4, -0.2) is 11.8 Å². The quantitative estimate of drug-likeness (QED) is 0.282. The van der Waals surface area contributed by atoms with E-state index in [-0.39, 0.29) is 11.8 Å². The molecule has 3 aromatic carbocycles. The zero-order valence-corrected chi connectivity index (χ0v) is 20.0. The Morgan fingerprint density at radius 3 is 2.24 bits per heavy atom. The summed E-state index contributed by atoms with van der Waals surface area (Å²) in [6.45, 7) is 4.03. The highest BCUT2D eigenvalue weighted by molar-refractivity contribution is 8.00. The SMILES string of the molecule is Cc1cc(C)cc(NC(=O)C(Sc2cccc(NC(=O)c3cccs3)c2)c2ccccc2)c1. The summed E-state index contributed by atoms with van der Waals surface area (Å²) >= 11 is 2.85. The Morgan fingerprint density at radius 1 is 0.788 bits per heavy atom. The fourth-order valence-electron chi connectivity index (χ4n) is 3.54. The van der Waals surface area contributed by atoms with Crippen LogP contribution in [0.3, 0.4) is 0 Å². The van der Waals surface area contributed by atoms with Crippen molar-refractivity contribution < 1.29 is 9.59 Å². The molecule has 166 valence electrons. The number of thioether (sulfide) groups is 1. The Labute approximate surface area is 202 Å². The van der Waals surface area contributed by atoms with Crippen LogP contribution in [0.25, 0.3) is 0 Å². The fraction of sp³-hybridized carbons (Fsp3) is 0.111. The smallest absolute Gasteiger partial charge is 0.265 e. The van der Waals surface area contributed by atoms with E-state index in [1.165, 1.54) is 23.1 Å². The zero-order valence-electron chi connectivity index (χ0n) is 18.4. The molecule has 2 N–H and O–H groups in total. The summed E-state index contributed by atoms with van der Waals surface area (Å²) in [5.41, 5.74) is 4.60. The average molecular weight is 473 g/mol. The van der Waals surface area contributed by atoms with E-state index >= 15 is 0 Å². The maximum atomic E-state index is 13.4. The van der Waals surface area contributed by atoms with Gasteiger partial charge in [-0.1, -0.05) is 48.5 Å². The number of amides is 2. The van der Waals surface area contributed by atoms with Gasteiger partial charge in [0.1, 0.15) is 5.25 Å². The van der Waals surface area contributed by atoms with Gasteiger partial charge in [-0.05, 0) is 72.3 Å². The predicted molar refractivity (Wildman–Crippen MR) is 138 cm³/mol. The number of thiophene rings is 1. The van der Waals surface area contributed by atoms with E-state index in [1.54, 1.807) is 6.07 Å². The van der Waals surface area contributed by atoms with Crippen molar-refractivity contribution in [3.05, 3.63) is 112 Å². The first-order valence-electron chi connectivity index (χ1n) is 10.5. The van der Waals surface area contributed by atoms with Crippen LogP contribution in [-0.2, 0) is 4.79 Å². The van der Waals surface area contributed by atoms with E-state index in [0.29, 0.717) is 10.6 Å². The van der Waals surface area contributed by atoms with Crippen molar-refractivity contribution in [2.45, 2.75) is 24.0 Å². The number of carbonyl (C=O) groups excluding carboxylic acids is 2. The van der Waals surface area contributed by atoms with Gasteiger partial charge in [-0.15, -0.1) is 23.1 Å². The number of anilines is 2. The molecule has 2 amide bonds. The Bertz CT molecular complexity index is 1230. The van der Waals surface area contributed by atoms with Crippen molar-refractivity contribution in [2.75, 3.05) is 10.6 Å². The van der Waals surface area contributed by atoms with Crippen molar-refractivity contribution >= 4 is 46.3 Å². The van der Waals surface area contributed by atoms with Gasteiger partial charge in [0.15, 0.2) is 0 Å². The summed E-state index contributed by atoms with van der Waals surface area (Å²) < 4.78 is 0. The van der Waals surface area contributed by atoms with E-state index in [0.717, 1.165) is 27.3 Å². The molecular formula is C27H24N2O2S2. The average Bonchev–Trinajstić information content (AvgIpc) is 3.33. The van der Waals surface area contributed by atoms with Gasteiger partial charge in [0, 0.05) is 16.3 Å². The molecule has 6 heteroatoms. The maximum absolute atomic E-state index is 13.4. The van der Waals surface area contributed by atoms with Gasteiger partial charge in [0.2, 0.25) is 5.91 Å². The van der Waals surface area contributed by atoms with Crippen LogP contribution in [0.2, 0.25) is 0 Å². The first kappa shape index (κ1) is 22.8. The molecule has 4 rings (SSSR count). The molecule has 0 aliphatic carbocycles. The molecule has 0 bridgehead atoms. The van der Waals surface area contributed by atoms with Crippen molar-refractivity contribution in [3.63, 3.8) is 0 Å². The standard InChI is InChI=1S/C27H24N2O2S2/c1-18-14-19(2)16-22(15-18)29-27(31)25(20-8-4-3-5-9-20)33-23-11-6-10-21(17-23)28-26(30)24-12-7-13-32-24/h3-17,25H,1-2H3,(H,28,30)(H,29,31). The molecule has 1 heterocycles. The normalized spacial score (nSPS) is 11.6. The van der Waals surface area contributed by atoms with Gasteiger partial charge in [0.25, 0.3) is 5.91 Å². The predicted octanol–water partition coefficient (Wildman–Crippen LogP) is 7.09. The lowest BCUT2D eigenvalue weighted by molar-refractivity contribution is -0.115. The molecule has 1 aromatic heterocycles. The Balaban J connectivity index is 1.56. The topological polar surface area (TPSA) is 58.2 Å². The molecule has 4 nitrogen and oxygen atoms in total. The second kappa shape index (κ2) is 10.5. The lowest BCUT2D eigenvalue weighted by Gasteiger charge is -2.18. The molecule has 4 aromatic rings. The maximum Gasteiger partial charge on any atom is 0.265 e. The molecule has 0 saturated carbocycles. The third-order valence-corrected chi connectivity index (χ3v) is 7.04. The van der Waals surface area contributed by atoms with Crippen LogP contribution in [0.4, 0.5) is 11.4 Å². The number of aryl methyl sites for hydroxylation is 2. The second-order valence-electron chi connectivity index (χ2n) is 7.73. The Hall–Kier alpha value is -3.35. The van der Waals surface area contributed by atoms with Crippen molar-refractivity contribution in [1.82, 2.24) is 0 Å². The van der Waals surface area contributed by atoms with Gasteiger partial charge < -0.3 is 10.6 Å². The Morgan fingerprint density at radius 2 is 1.55 bits per heavy atom. The van der Waals surface area contributed by atoms with E-state index < -0.39 is 5.25 Å². The monoisotopic (exact) mass is 472 g/mol. The number of hydrogen-bond donors (Lipinski definition) is 2. The summed E-state index contributed by atoms with van der Waals surface area (Å²) in [5.74, 6) is -0.233. The summed E-state index contributed by atoms with van der Waals surface area (Å²) in [6.07, 6.45) is 0. The van der Waals surface area contributed by atoms with Crippen molar-refractivity contribution in [1.29, 1.82) is 0 Å². The van der Waals surface area contributed by atoms with Crippen LogP contribution in [0.15, 0.2) is 95.2 Å². The lowest BCUT2D eigenvalue weighted by Crippen LogP contribution is -2.19. The summed E-state index contributed by atoms with van der Waals surface area (Å²) in [4.78, 5) is 27.3. The van der Waals surface area contributed by atoms with Crippen molar-refractivity contribution in [3.8, 4) is 0 Å². The molecule has 1 atom stereocenters. The first-order chi connectivity index (χ1) is 16.0. The molecule has 1 unspecified atom stereocenters. The number of nitrogens with one attached hydrogen (secondary N) is 2. The number of carbonyl (C=O) groups is 2. The summed E-state index contributed by atoms with van der Waals surface area (Å²) in [5, 5.41) is 7.44. The van der Waals surface area contributed by atoms with E-state index in [9.17, 15) is 9.59 Å². The summed E-state index contributed by atoms with van der Waals surface area (Å²) in [6, 6.07) is 27.0. The van der Waals surface area contributed by atoms with Crippen molar-refractivity contribution in [2.24, 2.45) is 0 Å². The third-order valence-electron chi connectivity index (χ3n) is 4.92. The van der Waals surface area contributed by atoms with Gasteiger partial charge >= 0.3 is 0 Å². The van der Waals surface area contributed by atoms with Crippen LogP contribution in [0, 0.1) is 13.8 Å². The highest BCUT2D eigenvalue weighted by atomic mass is 32.2. The highest BCUT2D eigenvalue weighted by Gasteiger charge is 2.22. The Kier molecular flexibility index (Phi) is 7.27. The second-order valence-corrected chi connectivity index (χ2v) is 9.86. The number of rotatable bonds is 7. The van der Waals surface area contributed by atoms with Crippen LogP contribution >= 0.6 is 23.1 Å². The molecule has 0 aliphatic heterocycles. The molecule has 0 fully saturated rings. The minimum atomic E-state index is -0.449. The molecule has 0 saturated heterocycles.